The number of amides is 3. The number of carbonyl (C=O) groups excluding carboxylic acids is 3. The molecule has 1 heterocycles. The molecule has 4 N–H and O–H groups in total. The van der Waals surface area contributed by atoms with E-state index in [0.717, 1.165) is 26.4 Å². The number of unbranched alkanes of at least 4 members (excludes halogenated alkanes) is 2. The molecule has 12 heteroatoms. The van der Waals surface area contributed by atoms with Crippen molar-refractivity contribution in [2.24, 2.45) is 5.92 Å². The van der Waals surface area contributed by atoms with Gasteiger partial charge in [-0.1, -0.05) is 38.3 Å². The summed E-state index contributed by atoms with van der Waals surface area (Å²) in [5, 5.41) is 15.0. The van der Waals surface area contributed by atoms with Gasteiger partial charge in [0.2, 0.25) is 12.3 Å². The van der Waals surface area contributed by atoms with E-state index in [4.69, 9.17) is 4.42 Å². The van der Waals surface area contributed by atoms with Crippen molar-refractivity contribution < 1.29 is 38.0 Å². The summed E-state index contributed by atoms with van der Waals surface area (Å²) in [5.74, 6) is -1.31. The molecule has 0 aliphatic heterocycles. The molecule has 1 aromatic heterocycles. The van der Waals surface area contributed by atoms with E-state index in [9.17, 15) is 29.0 Å². The molecule has 0 saturated carbocycles. The molecule has 3 amide bonds. The van der Waals surface area contributed by atoms with E-state index in [2.05, 4.69) is 15.2 Å². The van der Waals surface area contributed by atoms with Crippen LogP contribution in [0.5, 0.6) is 0 Å². The predicted octanol–water partition coefficient (Wildman–Crippen LogP) is 2.25. The van der Waals surface area contributed by atoms with Gasteiger partial charge in [0.1, 0.15) is 5.76 Å². The zero-order valence-electron chi connectivity index (χ0n) is 19.1. The summed E-state index contributed by atoms with van der Waals surface area (Å²) in [4.78, 5) is 45.4. The summed E-state index contributed by atoms with van der Waals surface area (Å²) < 4.78 is 22.2. The van der Waals surface area contributed by atoms with Crippen molar-refractivity contribution in [1.29, 1.82) is 0 Å². The van der Waals surface area contributed by atoms with Gasteiger partial charge in [0.15, 0.2) is 5.76 Å². The Morgan fingerprint density at radius 2 is 2.00 bits per heavy atom. The molecular formula is C22H30N3O8P. The van der Waals surface area contributed by atoms with Crippen LogP contribution in [0.15, 0.2) is 40.8 Å². The average Bonchev–Trinajstić information content (AvgIpc) is 3.34. The second-order valence-electron chi connectivity index (χ2n) is 7.56. The molecule has 34 heavy (non-hydrogen) atoms. The van der Waals surface area contributed by atoms with Gasteiger partial charge in [0, 0.05) is 12.7 Å². The minimum Gasteiger partial charge on any atom is -0.451 e. The highest BCUT2D eigenvalue weighted by atomic mass is 31.2. The third-order valence-corrected chi connectivity index (χ3v) is 6.53. The SMILES string of the molecule is CCCCCC(CN(O)C=O)C(=O)NCNC(=O)c1ccc(-c2cccc(P(=O)(O)OC)c2)o1. The molecule has 1 aromatic carbocycles. The fourth-order valence-electron chi connectivity index (χ4n) is 3.21. The molecule has 11 nitrogen and oxygen atoms in total. The van der Waals surface area contributed by atoms with Gasteiger partial charge in [-0.05, 0) is 30.7 Å². The second-order valence-corrected chi connectivity index (χ2v) is 9.48. The number of furan rings is 1. The molecule has 0 saturated heterocycles. The number of hydrogen-bond donors (Lipinski definition) is 4. The molecule has 186 valence electrons. The second kappa shape index (κ2) is 13.0. The first kappa shape index (κ1) is 27.3. The fraction of sp³-hybridized carbons (Fsp3) is 0.409. The molecule has 0 aliphatic rings. The number of benzene rings is 1. The number of hydroxylamine groups is 2. The fourth-order valence-corrected chi connectivity index (χ4v) is 4.00. The van der Waals surface area contributed by atoms with Crippen LogP contribution in [0.25, 0.3) is 11.3 Å². The third kappa shape index (κ3) is 7.81. The smallest absolute Gasteiger partial charge is 0.358 e. The van der Waals surface area contributed by atoms with Gasteiger partial charge in [-0.3, -0.25) is 24.2 Å². The molecule has 0 bridgehead atoms. The summed E-state index contributed by atoms with van der Waals surface area (Å²) >= 11 is 0. The summed E-state index contributed by atoms with van der Waals surface area (Å²) in [6, 6.07) is 9.10. The highest BCUT2D eigenvalue weighted by Crippen LogP contribution is 2.40. The largest absolute Gasteiger partial charge is 0.451 e. The lowest BCUT2D eigenvalue weighted by Crippen LogP contribution is -2.42. The van der Waals surface area contributed by atoms with Crippen molar-refractivity contribution in [3.63, 3.8) is 0 Å². The Bertz CT molecular complexity index is 1030. The molecule has 0 aliphatic carbocycles. The molecule has 2 rings (SSSR count). The molecule has 2 aromatic rings. The Kier molecular flexibility index (Phi) is 10.5. The lowest BCUT2D eigenvalue weighted by molar-refractivity contribution is -0.154. The summed E-state index contributed by atoms with van der Waals surface area (Å²) in [7, 11) is -2.80. The van der Waals surface area contributed by atoms with Crippen LogP contribution in [0.3, 0.4) is 0 Å². The maximum Gasteiger partial charge on any atom is 0.358 e. The zero-order valence-corrected chi connectivity index (χ0v) is 20.0. The van der Waals surface area contributed by atoms with Crippen LogP contribution in [0.4, 0.5) is 0 Å². The molecular weight excluding hydrogens is 465 g/mol. The van der Waals surface area contributed by atoms with Gasteiger partial charge < -0.3 is 24.5 Å². The van der Waals surface area contributed by atoms with E-state index < -0.39 is 25.3 Å². The predicted molar refractivity (Wildman–Crippen MR) is 123 cm³/mol. The minimum absolute atomic E-state index is 0.0180. The highest BCUT2D eigenvalue weighted by Gasteiger charge is 2.23. The zero-order chi connectivity index (χ0) is 25.1. The molecule has 0 fully saturated rings. The van der Waals surface area contributed by atoms with Crippen molar-refractivity contribution in [2.75, 3.05) is 20.3 Å². The van der Waals surface area contributed by atoms with Gasteiger partial charge in [-0.25, -0.2) is 5.06 Å². The lowest BCUT2D eigenvalue weighted by Gasteiger charge is -2.19. The van der Waals surface area contributed by atoms with E-state index in [1.807, 2.05) is 6.92 Å². The van der Waals surface area contributed by atoms with Crippen LogP contribution in [-0.2, 0) is 18.7 Å². The molecule has 2 unspecified atom stereocenters. The van der Waals surface area contributed by atoms with Crippen LogP contribution >= 0.6 is 7.60 Å². The molecule has 0 spiro atoms. The van der Waals surface area contributed by atoms with Gasteiger partial charge >= 0.3 is 7.60 Å². The summed E-state index contributed by atoms with van der Waals surface area (Å²) in [6.45, 7) is 1.70. The number of rotatable bonds is 14. The maximum absolute atomic E-state index is 12.4. The Balaban J connectivity index is 1.96. The summed E-state index contributed by atoms with van der Waals surface area (Å²) in [5.41, 5.74) is 0.481. The average molecular weight is 495 g/mol. The van der Waals surface area contributed by atoms with Gasteiger partial charge in [-0.2, -0.15) is 0 Å². The van der Waals surface area contributed by atoms with Gasteiger partial charge in [-0.15, -0.1) is 0 Å². The van der Waals surface area contributed by atoms with E-state index >= 15 is 0 Å². The summed E-state index contributed by atoms with van der Waals surface area (Å²) in [6.07, 6.45) is 3.36. The first-order chi connectivity index (χ1) is 16.2. The van der Waals surface area contributed by atoms with Crippen molar-refractivity contribution in [1.82, 2.24) is 15.7 Å². The van der Waals surface area contributed by atoms with Crippen LogP contribution in [-0.4, -0.2) is 53.7 Å². The number of carbonyl (C=O) groups is 3. The van der Waals surface area contributed by atoms with Crippen molar-refractivity contribution in [3.05, 3.63) is 42.2 Å². The van der Waals surface area contributed by atoms with E-state index in [-0.39, 0.29) is 30.7 Å². The van der Waals surface area contributed by atoms with Crippen LogP contribution in [0.2, 0.25) is 0 Å². The van der Waals surface area contributed by atoms with Crippen molar-refractivity contribution >= 4 is 31.1 Å². The highest BCUT2D eigenvalue weighted by molar-refractivity contribution is 7.61. The molecule has 2 atom stereocenters. The number of nitrogens with zero attached hydrogens (tertiary/aromatic N) is 1. The van der Waals surface area contributed by atoms with Crippen LogP contribution in [0, 0.1) is 5.92 Å². The Morgan fingerprint density at radius 1 is 1.24 bits per heavy atom. The Labute approximate surface area is 197 Å². The van der Waals surface area contributed by atoms with Gasteiger partial charge in [0.05, 0.1) is 24.4 Å². The van der Waals surface area contributed by atoms with E-state index in [1.165, 1.54) is 18.2 Å². The van der Waals surface area contributed by atoms with Gasteiger partial charge in [0.25, 0.3) is 5.91 Å². The number of nitrogens with one attached hydrogen (secondary N) is 2. The lowest BCUT2D eigenvalue weighted by atomic mass is 10.0. The monoisotopic (exact) mass is 495 g/mol. The topological polar surface area (TPSA) is 158 Å². The van der Waals surface area contributed by atoms with E-state index in [1.54, 1.807) is 18.2 Å². The van der Waals surface area contributed by atoms with Crippen molar-refractivity contribution in [2.45, 2.75) is 32.6 Å². The first-order valence-electron chi connectivity index (χ1n) is 10.8. The minimum atomic E-state index is -3.94. The Hall–Kier alpha value is -2.98. The number of hydrogen-bond acceptors (Lipinski definition) is 7. The standard InChI is InChI=1S/C22H30N3O8P/c1-3-4-5-7-17(13-25(29)15-26)21(27)23-14-24-22(28)20-11-10-19(33-20)16-8-6-9-18(12-16)34(30,31)32-2/h6,8-12,15,17,29H,3-5,7,13-14H2,1-2H3,(H,23,27)(H,24,28)(H,30,31). The van der Waals surface area contributed by atoms with Crippen LogP contribution in [0.1, 0.15) is 43.2 Å². The third-order valence-electron chi connectivity index (χ3n) is 5.10. The maximum atomic E-state index is 12.4. The normalized spacial score (nSPS) is 13.5. The van der Waals surface area contributed by atoms with Crippen LogP contribution < -0.4 is 15.9 Å². The first-order valence-corrected chi connectivity index (χ1v) is 12.4. The quantitative estimate of drug-likeness (QED) is 0.0776. The molecule has 0 radical (unpaired) electrons. The van der Waals surface area contributed by atoms with E-state index in [0.29, 0.717) is 22.8 Å². The Morgan fingerprint density at radius 3 is 2.68 bits per heavy atom. The van der Waals surface area contributed by atoms with Crippen molar-refractivity contribution in [3.8, 4) is 11.3 Å².